The minimum Gasteiger partial charge on any atom is -0.314 e. The highest BCUT2D eigenvalue weighted by Crippen LogP contribution is 2.23. The number of hydrogen-bond donors (Lipinski definition) is 1. The first-order valence-electron chi connectivity index (χ1n) is 8.04. The third-order valence-electron chi connectivity index (χ3n) is 5.05. The van der Waals surface area contributed by atoms with Crippen LogP contribution in [-0.2, 0) is 0 Å². The van der Waals surface area contributed by atoms with Crippen LogP contribution in [-0.4, -0.2) is 60.6 Å². The van der Waals surface area contributed by atoms with Gasteiger partial charge in [-0.3, -0.25) is 9.80 Å². The van der Waals surface area contributed by atoms with Gasteiger partial charge >= 0.3 is 0 Å². The van der Waals surface area contributed by atoms with Crippen molar-refractivity contribution in [1.82, 2.24) is 15.1 Å². The first kappa shape index (κ1) is 12.9. The highest BCUT2D eigenvalue weighted by atomic mass is 15.3. The summed E-state index contributed by atoms with van der Waals surface area (Å²) in [6.07, 6.45) is 8.41. The predicted octanol–water partition coefficient (Wildman–Crippen LogP) is 1.69. The second-order valence-electron chi connectivity index (χ2n) is 6.55. The fourth-order valence-electron chi connectivity index (χ4n) is 3.59. The number of fused-ring (bicyclic) bond motifs is 1. The second-order valence-corrected chi connectivity index (χ2v) is 6.55. The largest absolute Gasteiger partial charge is 0.314 e. The van der Waals surface area contributed by atoms with E-state index in [0.29, 0.717) is 0 Å². The molecule has 1 aliphatic carbocycles. The van der Waals surface area contributed by atoms with E-state index in [-0.39, 0.29) is 0 Å². The van der Waals surface area contributed by atoms with E-state index in [1.165, 1.54) is 71.2 Å². The lowest BCUT2D eigenvalue weighted by Crippen LogP contribution is -2.52. The summed E-state index contributed by atoms with van der Waals surface area (Å²) in [6.45, 7) is 8.97. The summed E-state index contributed by atoms with van der Waals surface area (Å²) < 4.78 is 0. The molecule has 3 nitrogen and oxygen atoms in total. The van der Waals surface area contributed by atoms with Crippen molar-refractivity contribution in [1.29, 1.82) is 0 Å². The van der Waals surface area contributed by atoms with Gasteiger partial charge < -0.3 is 5.32 Å². The number of piperazine rings is 1. The molecule has 18 heavy (non-hydrogen) atoms. The Morgan fingerprint density at radius 1 is 1.17 bits per heavy atom. The summed E-state index contributed by atoms with van der Waals surface area (Å²) in [7, 11) is 0. The number of hydrogen-bond acceptors (Lipinski definition) is 3. The van der Waals surface area contributed by atoms with Crippen molar-refractivity contribution in [2.75, 3.05) is 32.7 Å². The zero-order valence-corrected chi connectivity index (χ0v) is 11.9. The van der Waals surface area contributed by atoms with Gasteiger partial charge in [-0.25, -0.2) is 0 Å². The van der Waals surface area contributed by atoms with Crippen LogP contribution in [0.2, 0.25) is 0 Å². The molecule has 2 saturated heterocycles. The topological polar surface area (TPSA) is 18.5 Å². The molecule has 2 atom stereocenters. The molecule has 0 aromatic rings. The highest BCUT2D eigenvalue weighted by Gasteiger charge is 2.31. The van der Waals surface area contributed by atoms with Crippen LogP contribution in [0.5, 0.6) is 0 Å². The Hall–Kier alpha value is -0.120. The van der Waals surface area contributed by atoms with Gasteiger partial charge in [-0.15, -0.1) is 0 Å². The number of nitrogens with zero attached hydrogens (tertiary/aromatic N) is 2. The lowest BCUT2D eigenvalue weighted by molar-refractivity contribution is 0.0736. The van der Waals surface area contributed by atoms with Crippen molar-refractivity contribution in [2.45, 2.75) is 63.6 Å². The molecule has 3 rings (SSSR count). The Labute approximate surface area is 112 Å². The lowest BCUT2D eigenvalue weighted by atomic mass is 10.1. The smallest absolute Gasteiger partial charge is 0.0224 e. The third kappa shape index (κ3) is 3.25. The van der Waals surface area contributed by atoms with Gasteiger partial charge in [0.2, 0.25) is 0 Å². The Kier molecular flexibility index (Phi) is 4.22. The predicted molar refractivity (Wildman–Crippen MR) is 75.9 cm³/mol. The van der Waals surface area contributed by atoms with Crippen molar-refractivity contribution in [3.63, 3.8) is 0 Å². The maximum atomic E-state index is 3.63. The van der Waals surface area contributed by atoms with Gasteiger partial charge in [0.25, 0.3) is 0 Å². The molecular weight excluding hydrogens is 222 g/mol. The van der Waals surface area contributed by atoms with E-state index in [9.17, 15) is 0 Å². The highest BCUT2D eigenvalue weighted by molar-refractivity contribution is 4.88. The van der Waals surface area contributed by atoms with E-state index >= 15 is 0 Å². The molecule has 2 unspecified atom stereocenters. The fourth-order valence-corrected chi connectivity index (χ4v) is 3.59. The quantitative estimate of drug-likeness (QED) is 0.725. The van der Waals surface area contributed by atoms with Crippen molar-refractivity contribution < 1.29 is 0 Å². The van der Waals surface area contributed by atoms with Crippen molar-refractivity contribution >= 4 is 0 Å². The maximum Gasteiger partial charge on any atom is 0.0224 e. The summed E-state index contributed by atoms with van der Waals surface area (Å²) in [4.78, 5) is 5.45. The van der Waals surface area contributed by atoms with Crippen molar-refractivity contribution in [2.24, 2.45) is 0 Å². The molecule has 1 N–H and O–H groups in total. The van der Waals surface area contributed by atoms with Crippen LogP contribution < -0.4 is 5.32 Å². The van der Waals surface area contributed by atoms with Crippen LogP contribution >= 0.6 is 0 Å². The lowest BCUT2D eigenvalue weighted by Gasteiger charge is -2.40. The fraction of sp³-hybridized carbons (Fsp3) is 1.00. The van der Waals surface area contributed by atoms with Gasteiger partial charge in [0.05, 0.1) is 0 Å². The molecule has 104 valence electrons. The van der Waals surface area contributed by atoms with Crippen LogP contribution in [0, 0.1) is 0 Å². The molecule has 0 aromatic heterocycles. The van der Waals surface area contributed by atoms with E-state index in [1.807, 2.05) is 0 Å². The van der Waals surface area contributed by atoms with Gasteiger partial charge in [-0.05, 0) is 58.5 Å². The minimum atomic E-state index is 0.786. The van der Waals surface area contributed by atoms with E-state index in [4.69, 9.17) is 0 Å². The Balaban J connectivity index is 1.34. The van der Waals surface area contributed by atoms with Gasteiger partial charge in [-0.1, -0.05) is 0 Å². The Morgan fingerprint density at radius 3 is 2.89 bits per heavy atom. The summed E-state index contributed by atoms with van der Waals surface area (Å²) in [5.74, 6) is 0. The van der Waals surface area contributed by atoms with Crippen LogP contribution in [0.1, 0.15) is 45.4 Å². The molecule has 1 saturated carbocycles. The molecule has 0 amide bonds. The SMILES string of the molecule is CC(CCCNC1CC1)N1CCN2CCCC2C1. The minimum absolute atomic E-state index is 0.786. The third-order valence-corrected chi connectivity index (χ3v) is 5.05. The monoisotopic (exact) mass is 251 g/mol. The summed E-state index contributed by atoms with van der Waals surface area (Å²) in [5.41, 5.74) is 0. The zero-order chi connectivity index (χ0) is 12.4. The van der Waals surface area contributed by atoms with E-state index < -0.39 is 0 Å². The average Bonchev–Trinajstić information content (AvgIpc) is 3.09. The summed E-state index contributed by atoms with van der Waals surface area (Å²) in [6, 6.07) is 2.54. The van der Waals surface area contributed by atoms with Crippen molar-refractivity contribution in [3.8, 4) is 0 Å². The molecule has 0 aromatic carbocycles. The van der Waals surface area contributed by atoms with Gasteiger partial charge in [0, 0.05) is 37.8 Å². The number of rotatable bonds is 6. The van der Waals surface area contributed by atoms with Crippen LogP contribution in [0.15, 0.2) is 0 Å². The molecule has 3 heteroatoms. The zero-order valence-electron chi connectivity index (χ0n) is 11.9. The van der Waals surface area contributed by atoms with E-state index in [0.717, 1.165) is 18.1 Å². The van der Waals surface area contributed by atoms with Crippen LogP contribution in [0.3, 0.4) is 0 Å². The van der Waals surface area contributed by atoms with Gasteiger partial charge in [-0.2, -0.15) is 0 Å². The molecule has 0 spiro atoms. The first-order chi connectivity index (χ1) is 8.83. The normalized spacial score (nSPS) is 31.5. The van der Waals surface area contributed by atoms with E-state index in [2.05, 4.69) is 22.0 Å². The molecule has 0 bridgehead atoms. The molecule has 2 aliphatic heterocycles. The average molecular weight is 251 g/mol. The molecule has 2 heterocycles. The van der Waals surface area contributed by atoms with E-state index in [1.54, 1.807) is 0 Å². The van der Waals surface area contributed by atoms with Crippen molar-refractivity contribution in [3.05, 3.63) is 0 Å². The standard InChI is InChI=1S/C15H29N3/c1-13(4-2-8-16-14-6-7-14)18-11-10-17-9-3-5-15(17)12-18/h13-16H,2-12H2,1H3. The Morgan fingerprint density at radius 2 is 2.06 bits per heavy atom. The molecular formula is C15H29N3. The Bertz CT molecular complexity index is 264. The first-order valence-corrected chi connectivity index (χ1v) is 8.04. The summed E-state index contributed by atoms with van der Waals surface area (Å²) in [5, 5.41) is 3.63. The number of nitrogens with one attached hydrogen (secondary N) is 1. The van der Waals surface area contributed by atoms with Crippen LogP contribution in [0.4, 0.5) is 0 Å². The molecule has 3 aliphatic rings. The molecule has 0 radical (unpaired) electrons. The van der Waals surface area contributed by atoms with Crippen LogP contribution in [0.25, 0.3) is 0 Å². The molecule has 3 fully saturated rings. The van der Waals surface area contributed by atoms with Gasteiger partial charge in [0.15, 0.2) is 0 Å². The van der Waals surface area contributed by atoms with Gasteiger partial charge in [0.1, 0.15) is 0 Å². The second kappa shape index (κ2) is 5.89. The maximum absolute atomic E-state index is 3.63. The summed E-state index contributed by atoms with van der Waals surface area (Å²) >= 11 is 0.